The highest BCUT2D eigenvalue weighted by Crippen LogP contribution is 2.35. The number of aromatic nitrogens is 2. The van der Waals surface area contributed by atoms with Crippen LogP contribution in [0.1, 0.15) is 48.4 Å². The molecule has 1 unspecified atom stereocenters. The van der Waals surface area contributed by atoms with Gasteiger partial charge in [-0.1, -0.05) is 24.3 Å². The molecule has 3 rings (SSSR count). The first-order valence-electron chi connectivity index (χ1n) is 8.77. The molecule has 1 aromatic heterocycles. The smallest absolute Gasteiger partial charge is 0.225 e. The highest BCUT2D eigenvalue weighted by atomic mass is 35.5. The van der Waals surface area contributed by atoms with Gasteiger partial charge in [0.2, 0.25) is 5.91 Å². The van der Waals surface area contributed by atoms with E-state index in [0.29, 0.717) is 6.42 Å². The van der Waals surface area contributed by atoms with Crippen LogP contribution in [0, 0.1) is 6.92 Å². The van der Waals surface area contributed by atoms with Crippen molar-refractivity contribution in [2.45, 2.75) is 45.1 Å². The Labute approximate surface area is 155 Å². The van der Waals surface area contributed by atoms with Crippen molar-refractivity contribution < 1.29 is 4.79 Å². The Balaban J connectivity index is 0.00000225. The van der Waals surface area contributed by atoms with Crippen molar-refractivity contribution in [1.29, 1.82) is 0 Å². The first kappa shape index (κ1) is 19.5. The van der Waals surface area contributed by atoms with Crippen molar-refractivity contribution >= 4 is 24.1 Å². The predicted octanol–water partition coefficient (Wildman–Crippen LogP) is 3.48. The fraction of sp³-hybridized carbons (Fsp3) is 0.474. The standard InChI is InChI=1S/C19H26N4O.ClH/c1-14-13-21-23(19(14)22-18(24)11-6-12-20-2)17-10-5-8-15-7-3-4-9-16(15)17;/h3-4,7,9,13,17,20H,5-6,8,10-12H2,1-2H3,(H,22,24);1H. The van der Waals surface area contributed by atoms with Crippen LogP contribution in [0.5, 0.6) is 0 Å². The molecule has 1 heterocycles. The van der Waals surface area contributed by atoms with E-state index in [1.165, 1.54) is 11.1 Å². The topological polar surface area (TPSA) is 59.0 Å². The minimum absolute atomic E-state index is 0. The van der Waals surface area contributed by atoms with Crippen molar-refractivity contribution in [1.82, 2.24) is 15.1 Å². The van der Waals surface area contributed by atoms with Gasteiger partial charge < -0.3 is 10.6 Å². The summed E-state index contributed by atoms with van der Waals surface area (Å²) in [4.78, 5) is 12.2. The molecular weight excluding hydrogens is 336 g/mol. The summed E-state index contributed by atoms with van der Waals surface area (Å²) in [5.41, 5.74) is 3.74. The Kier molecular flexibility index (Phi) is 7.02. The Bertz CT molecular complexity index is 713. The molecule has 0 saturated carbocycles. The molecule has 0 aliphatic heterocycles. The van der Waals surface area contributed by atoms with Crippen LogP contribution >= 0.6 is 12.4 Å². The van der Waals surface area contributed by atoms with E-state index < -0.39 is 0 Å². The van der Waals surface area contributed by atoms with Gasteiger partial charge in [-0.2, -0.15) is 5.10 Å². The van der Waals surface area contributed by atoms with Crippen LogP contribution in [0.2, 0.25) is 0 Å². The molecule has 2 aromatic rings. The zero-order chi connectivity index (χ0) is 16.9. The summed E-state index contributed by atoms with van der Waals surface area (Å²) >= 11 is 0. The van der Waals surface area contributed by atoms with E-state index in [-0.39, 0.29) is 24.4 Å². The summed E-state index contributed by atoms with van der Waals surface area (Å²) in [6.45, 7) is 2.85. The second kappa shape index (κ2) is 9.02. The van der Waals surface area contributed by atoms with E-state index >= 15 is 0 Å². The summed E-state index contributed by atoms with van der Waals surface area (Å²) in [5.74, 6) is 0.894. The number of aryl methyl sites for hydroxylation is 2. The van der Waals surface area contributed by atoms with Gasteiger partial charge >= 0.3 is 0 Å². The number of hydrogen-bond acceptors (Lipinski definition) is 3. The predicted molar refractivity (Wildman–Crippen MR) is 104 cm³/mol. The highest BCUT2D eigenvalue weighted by Gasteiger charge is 2.25. The Morgan fingerprint density at radius 3 is 2.96 bits per heavy atom. The average Bonchev–Trinajstić information content (AvgIpc) is 2.95. The lowest BCUT2D eigenvalue weighted by Crippen LogP contribution is -2.23. The van der Waals surface area contributed by atoms with Gasteiger partial charge in [0.1, 0.15) is 5.82 Å². The van der Waals surface area contributed by atoms with E-state index in [1.807, 2.05) is 24.9 Å². The van der Waals surface area contributed by atoms with E-state index in [9.17, 15) is 4.79 Å². The minimum Gasteiger partial charge on any atom is -0.320 e. The second-order valence-corrected chi connectivity index (χ2v) is 6.48. The molecule has 0 bridgehead atoms. The number of nitrogens with one attached hydrogen (secondary N) is 2. The van der Waals surface area contributed by atoms with Gasteiger partial charge in [-0.3, -0.25) is 4.79 Å². The first-order chi connectivity index (χ1) is 11.7. The third kappa shape index (κ3) is 4.41. The summed E-state index contributed by atoms with van der Waals surface area (Å²) in [5, 5.41) is 10.7. The molecule has 1 amide bonds. The molecule has 0 saturated heterocycles. The molecule has 0 fully saturated rings. The van der Waals surface area contributed by atoms with Gasteiger partial charge in [0.05, 0.1) is 12.2 Å². The van der Waals surface area contributed by atoms with Gasteiger partial charge in [-0.05, 0) is 57.3 Å². The molecular formula is C19H27ClN4O. The van der Waals surface area contributed by atoms with Gasteiger partial charge in [0.25, 0.3) is 0 Å². The van der Waals surface area contributed by atoms with Crippen LogP contribution in [-0.4, -0.2) is 29.3 Å². The summed E-state index contributed by atoms with van der Waals surface area (Å²) in [7, 11) is 1.90. The van der Waals surface area contributed by atoms with Crippen LogP contribution in [0.4, 0.5) is 5.82 Å². The molecule has 5 nitrogen and oxygen atoms in total. The normalized spacial score (nSPS) is 16.0. The number of rotatable bonds is 6. The first-order valence-corrected chi connectivity index (χ1v) is 8.77. The summed E-state index contributed by atoms with van der Waals surface area (Å²) in [6, 6.07) is 8.78. The maximum absolute atomic E-state index is 12.2. The maximum atomic E-state index is 12.2. The van der Waals surface area contributed by atoms with Crippen LogP contribution in [0.3, 0.4) is 0 Å². The number of hydrogen-bond donors (Lipinski definition) is 2. The van der Waals surface area contributed by atoms with Gasteiger partial charge in [-0.25, -0.2) is 4.68 Å². The zero-order valence-electron chi connectivity index (χ0n) is 14.9. The monoisotopic (exact) mass is 362 g/mol. The van der Waals surface area contributed by atoms with E-state index in [0.717, 1.165) is 43.6 Å². The lowest BCUT2D eigenvalue weighted by Gasteiger charge is -2.27. The largest absolute Gasteiger partial charge is 0.320 e. The fourth-order valence-corrected chi connectivity index (χ4v) is 3.44. The average molecular weight is 363 g/mol. The fourth-order valence-electron chi connectivity index (χ4n) is 3.44. The molecule has 1 aliphatic rings. The number of carbonyl (C=O) groups excluding carboxylic acids is 1. The Morgan fingerprint density at radius 2 is 2.16 bits per heavy atom. The molecule has 0 radical (unpaired) electrons. The van der Waals surface area contributed by atoms with Crippen molar-refractivity contribution in [3.05, 3.63) is 47.2 Å². The summed E-state index contributed by atoms with van der Waals surface area (Å²) in [6.07, 6.45) is 6.53. The molecule has 1 aliphatic carbocycles. The number of benzene rings is 1. The minimum atomic E-state index is 0. The third-order valence-electron chi connectivity index (χ3n) is 4.70. The van der Waals surface area contributed by atoms with Crippen molar-refractivity contribution in [2.24, 2.45) is 0 Å². The number of fused-ring (bicyclic) bond motifs is 1. The molecule has 136 valence electrons. The lowest BCUT2D eigenvalue weighted by molar-refractivity contribution is -0.116. The molecule has 1 atom stereocenters. The van der Waals surface area contributed by atoms with Crippen LogP contribution < -0.4 is 10.6 Å². The molecule has 2 N–H and O–H groups in total. The Hall–Kier alpha value is -1.85. The van der Waals surface area contributed by atoms with Crippen LogP contribution in [0.15, 0.2) is 30.5 Å². The van der Waals surface area contributed by atoms with Crippen molar-refractivity contribution in [3.63, 3.8) is 0 Å². The number of carbonyl (C=O) groups is 1. The third-order valence-corrected chi connectivity index (χ3v) is 4.70. The molecule has 0 spiro atoms. The van der Waals surface area contributed by atoms with Gasteiger partial charge in [-0.15, -0.1) is 12.4 Å². The van der Waals surface area contributed by atoms with Gasteiger partial charge in [0.15, 0.2) is 0 Å². The van der Waals surface area contributed by atoms with E-state index in [4.69, 9.17) is 0 Å². The number of nitrogens with zero attached hydrogens (tertiary/aromatic N) is 2. The van der Waals surface area contributed by atoms with E-state index in [2.05, 4.69) is 40.0 Å². The highest BCUT2D eigenvalue weighted by molar-refractivity contribution is 5.90. The zero-order valence-corrected chi connectivity index (χ0v) is 15.7. The van der Waals surface area contributed by atoms with Gasteiger partial charge in [0, 0.05) is 12.0 Å². The molecule has 6 heteroatoms. The van der Waals surface area contributed by atoms with E-state index in [1.54, 1.807) is 0 Å². The maximum Gasteiger partial charge on any atom is 0.225 e. The van der Waals surface area contributed by atoms with Crippen molar-refractivity contribution in [2.75, 3.05) is 18.9 Å². The summed E-state index contributed by atoms with van der Waals surface area (Å²) < 4.78 is 2.00. The second-order valence-electron chi connectivity index (χ2n) is 6.48. The van der Waals surface area contributed by atoms with Crippen LogP contribution in [-0.2, 0) is 11.2 Å². The Morgan fingerprint density at radius 1 is 1.36 bits per heavy atom. The number of anilines is 1. The van der Waals surface area contributed by atoms with Crippen molar-refractivity contribution in [3.8, 4) is 0 Å². The molecule has 1 aromatic carbocycles. The molecule has 25 heavy (non-hydrogen) atoms. The van der Waals surface area contributed by atoms with Crippen LogP contribution in [0.25, 0.3) is 0 Å². The quantitative estimate of drug-likeness (QED) is 0.773. The SMILES string of the molecule is CNCCCC(=O)Nc1c(C)cnn1C1CCCc2ccccc21.Cl. The number of amides is 1. The number of halogens is 1. The lowest BCUT2D eigenvalue weighted by atomic mass is 9.88.